The minimum Gasteiger partial charge on any atom is -0.143 e. The highest BCUT2D eigenvalue weighted by atomic mass is 32.1. The summed E-state index contributed by atoms with van der Waals surface area (Å²) in [6, 6.07) is 45.2. The summed E-state index contributed by atoms with van der Waals surface area (Å²) in [5, 5.41) is 4.70. The van der Waals surface area contributed by atoms with Crippen molar-refractivity contribution in [1.29, 1.82) is 0 Å². The van der Waals surface area contributed by atoms with Crippen LogP contribution in [0.5, 0.6) is 0 Å². The van der Waals surface area contributed by atoms with E-state index in [1.54, 1.807) is 33.4 Å². The summed E-state index contributed by atoms with van der Waals surface area (Å²) >= 11 is 24.6. The highest BCUT2D eigenvalue weighted by Crippen LogP contribution is 2.54. The molecule has 0 atom stereocenters. The third-order valence-corrected chi connectivity index (χ3v) is 42.9. The van der Waals surface area contributed by atoms with Crippen molar-refractivity contribution >= 4 is 136 Å². The maximum absolute atomic E-state index is 2.68. The zero-order valence-corrected chi connectivity index (χ0v) is 92.9. The molecule has 0 unspecified atom stereocenters. The van der Waals surface area contributed by atoms with E-state index < -0.39 is 0 Å². The normalized spacial score (nSPS) is 11.9. The van der Waals surface area contributed by atoms with Crippen LogP contribution in [0.4, 0.5) is 0 Å². The summed E-state index contributed by atoms with van der Waals surface area (Å²) in [6.45, 7) is 14.0. The lowest BCUT2D eigenvalue weighted by molar-refractivity contribution is 0.556. The van der Waals surface area contributed by atoms with Gasteiger partial charge in [-0.05, 0) is 230 Å². The lowest BCUT2D eigenvalue weighted by Crippen LogP contribution is -1.87. The molecule has 0 bridgehead atoms. The van der Waals surface area contributed by atoms with Crippen LogP contribution in [0, 0.1) is 0 Å². The molecular formula is C120H170S12. The molecule has 0 fully saturated rings. The monoisotopic (exact) mass is 1990 g/mol. The number of rotatable bonds is 77. The lowest BCUT2D eigenvalue weighted by atomic mass is 10.0. The topological polar surface area (TPSA) is 0 Å². The Hall–Kier alpha value is -3.60. The van der Waals surface area contributed by atoms with Crippen LogP contribution in [-0.2, 0) is 38.5 Å². The van der Waals surface area contributed by atoms with Crippen molar-refractivity contribution in [3.63, 3.8) is 0 Å². The summed E-state index contributed by atoms with van der Waals surface area (Å²) < 4.78 is 0. The molecule has 12 rings (SSSR count). The molecule has 0 amide bonds. The quantitative estimate of drug-likeness (QED) is 0.0333. The third-order valence-electron chi connectivity index (χ3n) is 27.7. The lowest BCUT2D eigenvalue weighted by Gasteiger charge is -2.04. The summed E-state index contributed by atoms with van der Waals surface area (Å²) in [7, 11) is 0. The van der Waals surface area contributed by atoms with Gasteiger partial charge in [0, 0.05) is 107 Å². The molecule has 0 aliphatic carbocycles. The Kier molecular flexibility index (Phi) is 52.0. The molecule has 12 heterocycles. The Labute approximate surface area is 853 Å². The van der Waals surface area contributed by atoms with Crippen LogP contribution in [0.25, 0.3) is 107 Å². The summed E-state index contributed by atoms with van der Waals surface area (Å²) in [6.07, 6.45) is 89.5. The van der Waals surface area contributed by atoms with Crippen molar-refractivity contribution in [3.05, 3.63) is 153 Å². The zero-order chi connectivity index (χ0) is 91.5. The first-order chi connectivity index (χ1) is 65.3. The predicted molar refractivity (Wildman–Crippen MR) is 614 cm³/mol. The molecule has 0 radical (unpaired) electrons. The third kappa shape index (κ3) is 36.2. The molecule has 0 saturated carbocycles. The molecule has 0 nitrogen and oxygen atoms in total. The fraction of sp³-hybridized carbons (Fsp3) is 0.600. The summed E-state index contributed by atoms with van der Waals surface area (Å²) in [5.74, 6) is 0. The van der Waals surface area contributed by atoms with Gasteiger partial charge in [-0.3, -0.25) is 0 Å². The minimum atomic E-state index is 1.15. The van der Waals surface area contributed by atoms with E-state index in [4.69, 9.17) is 0 Å². The average molecular weight is 2000 g/mol. The van der Waals surface area contributed by atoms with Crippen LogP contribution in [0.2, 0.25) is 0 Å². The molecule has 0 aliphatic heterocycles. The van der Waals surface area contributed by atoms with Gasteiger partial charge in [-0.2, -0.15) is 0 Å². The second-order valence-electron chi connectivity index (χ2n) is 39.0. The molecule has 0 N–H and O–H groups in total. The number of thiophene rings is 12. The van der Waals surface area contributed by atoms with Gasteiger partial charge in [-0.15, -0.1) is 136 Å². The van der Waals surface area contributed by atoms with Crippen LogP contribution < -0.4 is 0 Å². The highest BCUT2D eigenvalue weighted by Gasteiger charge is 2.25. The van der Waals surface area contributed by atoms with Gasteiger partial charge >= 0.3 is 0 Å². The highest BCUT2D eigenvalue weighted by molar-refractivity contribution is 7.33. The van der Waals surface area contributed by atoms with E-state index in [0.29, 0.717) is 0 Å². The molecule has 132 heavy (non-hydrogen) atoms. The van der Waals surface area contributed by atoms with Gasteiger partial charge < -0.3 is 0 Å². The molecule has 12 heteroatoms. The second-order valence-corrected chi connectivity index (χ2v) is 51.5. The predicted octanol–water partition coefficient (Wildman–Crippen LogP) is 47.5. The first-order valence-electron chi connectivity index (χ1n) is 54.6. The number of hydrogen-bond donors (Lipinski definition) is 0. The van der Waals surface area contributed by atoms with Crippen molar-refractivity contribution in [2.45, 2.75) is 465 Å². The minimum absolute atomic E-state index is 1.15. The van der Waals surface area contributed by atoms with Gasteiger partial charge in [0.1, 0.15) is 0 Å². The Morgan fingerprint density at radius 3 is 0.447 bits per heavy atom. The smallest absolute Gasteiger partial charge is 0.0481 e. The van der Waals surface area contributed by atoms with Crippen molar-refractivity contribution in [3.8, 4) is 107 Å². The van der Waals surface area contributed by atoms with E-state index in [2.05, 4.69) is 230 Å². The maximum Gasteiger partial charge on any atom is 0.0481 e. The average Bonchev–Trinajstić information content (AvgIpc) is 1.63. The fourth-order valence-electron chi connectivity index (χ4n) is 19.6. The largest absolute Gasteiger partial charge is 0.143 e. The Balaban J connectivity index is 0.794. The molecule has 12 aromatic rings. The standard InChI is InChI=1S/C120H170S12/c1-7-13-19-25-31-37-43-49-55-61-67-93-85-87-121-115(93)105-79-73-99(123-105)101-75-81-107(125-101)117-95(69-63-57-51-45-39-33-27-21-15-9-3)89-111(129-117)113-91-97(71-65-59-53-47-41-35-29-23-17-11-5)119(131-113)109-83-77-103(127-109)104-78-84-110(128-104)120-98(72-66-60-54-48-42-36-30-24-18-12-6)92-114(132-120)112-90-96(70-64-58-52-46-40-34-28-22-16-10-4)118(130-112)108-82-76-102(126-108)100-74-80-106(124-100)116-94(86-88-122-116)68-62-56-50-44-38-32-26-20-14-8-2/h73-92H,7-72H2,1-6H3. The van der Waals surface area contributed by atoms with Gasteiger partial charge in [0.05, 0.1) is 0 Å². The van der Waals surface area contributed by atoms with E-state index >= 15 is 0 Å². The van der Waals surface area contributed by atoms with Crippen LogP contribution >= 0.6 is 136 Å². The number of unbranched alkanes of at least 4 members (excludes halogenated alkanes) is 54. The molecule has 0 spiro atoms. The van der Waals surface area contributed by atoms with E-state index in [0.717, 1.165) is 25.7 Å². The molecule has 0 aliphatic rings. The van der Waals surface area contributed by atoms with Gasteiger partial charge in [0.25, 0.3) is 0 Å². The maximum atomic E-state index is 2.68. The van der Waals surface area contributed by atoms with Crippen LogP contribution in [0.15, 0.2) is 120 Å². The number of aryl methyl sites for hydroxylation is 6. The van der Waals surface area contributed by atoms with Crippen LogP contribution in [0.3, 0.4) is 0 Å². The Bertz CT molecular complexity index is 4660. The number of hydrogen-bond acceptors (Lipinski definition) is 12. The zero-order valence-electron chi connectivity index (χ0n) is 83.1. The van der Waals surface area contributed by atoms with Gasteiger partial charge in [-0.1, -0.05) is 388 Å². The van der Waals surface area contributed by atoms with Crippen LogP contribution in [-0.4, -0.2) is 0 Å². The molecule has 0 saturated heterocycles. The fourth-order valence-corrected chi connectivity index (χ4v) is 33.8. The van der Waals surface area contributed by atoms with Crippen molar-refractivity contribution < 1.29 is 0 Å². The van der Waals surface area contributed by atoms with Crippen molar-refractivity contribution in [1.82, 2.24) is 0 Å². The first-order valence-corrected chi connectivity index (χ1v) is 64.5. The van der Waals surface area contributed by atoms with Gasteiger partial charge in [0.2, 0.25) is 0 Å². The Morgan fingerprint density at radius 2 is 0.273 bits per heavy atom. The second kappa shape index (κ2) is 64.0. The summed E-state index contributed by atoms with van der Waals surface area (Å²) in [5.41, 5.74) is 9.42. The van der Waals surface area contributed by atoms with E-state index in [1.807, 2.05) is 68.0 Å². The van der Waals surface area contributed by atoms with Gasteiger partial charge in [0.15, 0.2) is 0 Å². The molecule has 0 aromatic carbocycles. The summed E-state index contributed by atoms with van der Waals surface area (Å²) in [4.78, 5) is 32.2. The van der Waals surface area contributed by atoms with Crippen molar-refractivity contribution in [2.75, 3.05) is 0 Å². The molecular weight excluding hydrogens is 1830 g/mol. The SMILES string of the molecule is CCCCCCCCCCCCc1ccsc1-c1ccc(-c2ccc(-c3sc(-c4cc(CCCCCCCCCCCC)c(-c5ccc(-c6ccc(-c7sc(-c8cc(CCCCCCCCCCCC)c(-c9ccc(-c%10ccc(-c%11sccc%11CCCCCCCCCCCC)s%10)s9)s8)cc7CCCCCCCCCCCC)s6)s5)s4)cc3CCCCCCCCCCCC)s2)s1. The van der Waals surface area contributed by atoms with Crippen LogP contribution in [0.1, 0.15) is 460 Å². The Morgan fingerprint density at radius 1 is 0.129 bits per heavy atom. The van der Waals surface area contributed by atoms with E-state index in [9.17, 15) is 0 Å². The first kappa shape index (κ1) is 107. The van der Waals surface area contributed by atoms with Gasteiger partial charge in [-0.25, -0.2) is 0 Å². The van der Waals surface area contributed by atoms with E-state index in [-0.39, 0.29) is 0 Å². The molecule has 722 valence electrons. The van der Waals surface area contributed by atoms with E-state index in [1.165, 1.54) is 505 Å². The van der Waals surface area contributed by atoms with Crippen molar-refractivity contribution in [2.24, 2.45) is 0 Å². The molecule has 12 aromatic heterocycles.